The van der Waals surface area contributed by atoms with Crippen molar-refractivity contribution in [3.05, 3.63) is 35.9 Å². The van der Waals surface area contributed by atoms with Crippen LogP contribution in [0.15, 0.2) is 30.3 Å². The molecule has 1 amide bonds. The minimum Gasteiger partial charge on any atom is -1.00 e. The van der Waals surface area contributed by atoms with Crippen LogP contribution in [0.2, 0.25) is 0 Å². The quantitative estimate of drug-likeness (QED) is 0.729. The normalized spacial score (nSPS) is 9.67. The molecule has 96 valence electrons. The van der Waals surface area contributed by atoms with Gasteiger partial charge in [-0.05, 0) is 18.4 Å². The maximum Gasteiger partial charge on any atom is 1.00 e. The van der Waals surface area contributed by atoms with E-state index in [1.54, 1.807) is 0 Å². The molecule has 1 aromatic carbocycles. The second-order valence-electron chi connectivity index (χ2n) is 4.03. The molecule has 0 aliphatic carbocycles. The van der Waals surface area contributed by atoms with Gasteiger partial charge in [0.05, 0.1) is 0 Å². The summed E-state index contributed by atoms with van der Waals surface area (Å²) in [5, 5.41) is 0.206. The molecule has 0 spiro atoms. The van der Waals surface area contributed by atoms with Crippen LogP contribution in [0.4, 0.5) is 4.79 Å². The van der Waals surface area contributed by atoms with Gasteiger partial charge in [0, 0.05) is 18.8 Å². The molecule has 4 heteroatoms. The first-order valence-corrected chi connectivity index (χ1v) is 7.22. The predicted octanol–water partition coefficient (Wildman–Crippen LogP) is 1.28. The van der Waals surface area contributed by atoms with Crippen molar-refractivity contribution in [1.29, 1.82) is 0 Å². The predicted molar refractivity (Wildman–Crippen MR) is 76.4 cm³/mol. The molecule has 1 rings (SSSR count). The Morgan fingerprint density at radius 1 is 1.17 bits per heavy atom. The number of thioether (sulfide) groups is 1. The van der Waals surface area contributed by atoms with Crippen LogP contribution in [0.25, 0.3) is 0 Å². The Balaban J connectivity index is 0. The van der Waals surface area contributed by atoms with Crippen molar-refractivity contribution in [2.75, 3.05) is 13.1 Å². The van der Waals surface area contributed by atoms with Gasteiger partial charge < -0.3 is 6.33 Å². The van der Waals surface area contributed by atoms with E-state index in [9.17, 15) is 4.79 Å². The fourth-order valence-corrected chi connectivity index (χ4v) is 2.49. The Kier molecular flexibility index (Phi) is 10.9. The van der Waals surface area contributed by atoms with E-state index in [4.69, 9.17) is 0 Å². The molecular formula is C14H22NNaOS. The van der Waals surface area contributed by atoms with Gasteiger partial charge in [0.2, 0.25) is 0 Å². The summed E-state index contributed by atoms with van der Waals surface area (Å²) in [7, 11) is 0. The molecule has 2 nitrogen and oxygen atoms in total. The Morgan fingerprint density at radius 3 is 2.22 bits per heavy atom. The SMILES string of the molecule is CCCN(CCC)C(=O)SCc1ccccc1.[H-].[Na+]. The molecular weight excluding hydrogens is 253 g/mol. The first kappa shape index (κ1) is 18.0. The standard InChI is InChI=1S/C14H21NOS.Na.H/c1-3-10-15(11-4-2)14(16)17-12-13-8-6-5-7-9-13;;/h5-9H,3-4,10-12H2,1-2H3;;/q;+1;-1. The molecule has 0 saturated heterocycles. The van der Waals surface area contributed by atoms with Gasteiger partial charge in [-0.25, -0.2) is 0 Å². The topological polar surface area (TPSA) is 20.3 Å². The average Bonchev–Trinajstić information content (AvgIpc) is 2.37. The minimum absolute atomic E-state index is 0. The summed E-state index contributed by atoms with van der Waals surface area (Å²) in [5.41, 5.74) is 1.21. The van der Waals surface area contributed by atoms with E-state index in [1.165, 1.54) is 17.3 Å². The summed E-state index contributed by atoms with van der Waals surface area (Å²) >= 11 is 1.40. The van der Waals surface area contributed by atoms with Gasteiger partial charge >= 0.3 is 29.6 Å². The maximum atomic E-state index is 12.0. The van der Waals surface area contributed by atoms with Crippen LogP contribution in [-0.2, 0) is 5.75 Å². The summed E-state index contributed by atoms with van der Waals surface area (Å²) in [6.45, 7) is 5.96. The van der Waals surface area contributed by atoms with Crippen molar-refractivity contribution >= 4 is 17.0 Å². The van der Waals surface area contributed by atoms with Gasteiger partial charge in [0.25, 0.3) is 5.24 Å². The molecule has 0 atom stereocenters. The molecule has 0 N–H and O–H groups in total. The Bertz CT molecular complexity index is 331. The molecule has 0 fully saturated rings. The van der Waals surface area contributed by atoms with Crippen LogP contribution < -0.4 is 29.6 Å². The summed E-state index contributed by atoms with van der Waals surface area (Å²) in [4.78, 5) is 13.9. The largest absolute Gasteiger partial charge is 1.00 e. The van der Waals surface area contributed by atoms with E-state index in [2.05, 4.69) is 26.0 Å². The molecule has 0 radical (unpaired) electrons. The number of hydrogen-bond donors (Lipinski definition) is 0. The number of rotatable bonds is 6. The van der Waals surface area contributed by atoms with Gasteiger partial charge in [-0.3, -0.25) is 4.79 Å². The number of hydrogen-bond acceptors (Lipinski definition) is 2. The number of carbonyl (C=O) groups excluding carboxylic acids is 1. The monoisotopic (exact) mass is 275 g/mol. The zero-order valence-electron chi connectivity index (χ0n) is 12.7. The van der Waals surface area contributed by atoms with Crippen molar-refractivity contribution in [2.45, 2.75) is 32.4 Å². The molecule has 18 heavy (non-hydrogen) atoms. The Labute approximate surface area is 138 Å². The van der Waals surface area contributed by atoms with Gasteiger partial charge in [-0.15, -0.1) is 0 Å². The van der Waals surface area contributed by atoms with E-state index in [0.29, 0.717) is 0 Å². The fourth-order valence-electron chi connectivity index (χ4n) is 1.64. The third-order valence-electron chi connectivity index (χ3n) is 2.45. The molecule has 0 aliphatic rings. The molecule has 0 heterocycles. The van der Waals surface area contributed by atoms with Gasteiger partial charge in [-0.2, -0.15) is 0 Å². The number of benzene rings is 1. The zero-order chi connectivity index (χ0) is 12.5. The Hall–Kier alpha value is 0.0400. The Morgan fingerprint density at radius 2 is 1.72 bits per heavy atom. The van der Waals surface area contributed by atoms with E-state index in [1.807, 2.05) is 23.1 Å². The third kappa shape index (κ3) is 6.83. The number of carbonyl (C=O) groups is 1. The molecule has 0 bridgehead atoms. The van der Waals surface area contributed by atoms with Crippen LogP contribution in [0, 0.1) is 0 Å². The molecule has 1 aromatic rings. The number of amides is 1. The van der Waals surface area contributed by atoms with Crippen LogP contribution in [0.5, 0.6) is 0 Å². The van der Waals surface area contributed by atoms with Crippen molar-refractivity contribution < 1.29 is 35.8 Å². The van der Waals surface area contributed by atoms with Crippen LogP contribution in [0.1, 0.15) is 33.7 Å². The van der Waals surface area contributed by atoms with Crippen LogP contribution in [0.3, 0.4) is 0 Å². The molecule has 0 aromatic heterocycles. The summed E-state index contributed by atoms with van der Waals surface area (Å²) in [5.74, 6) is 0.767. The van der Waals surface area contributed by atoms with E-state index in [0.717, 1.165) is 31.7 Å². The van der Waals surface area contributed by atoms with Crippen molar-refractivity contribution in [3.8, 4) is 0 Å². The van der Waals surface area contributed by atoms with Crippen molar-refractivity contribution in [1.82, 2.24) is 4.90 Å². The summed E-state index contributed by atoms with van der Waals surface area (Å²) in [6.07, 6.45) is 2.05. The first-order chi connectivity index (χ1) is 8.27. The van der Waals surface area contributed by atoms with Crippen molar-refractivity contribution in [2.24, 2.45) is 0 Å². The van der Waals surface area contributed by atoms with E-state index >= 15 is 0 Å². The average molecular weight is 275 g/mol. The second kappa shape index (κ2) is 10.9. The first-order valence-electron chi connectivity index (χ1n) is 6.23. The number of nitrogens with zero attached hydrogens (tertiary/aromatic N) is 1. The zero-order valence-corrected chi connectivity index (χ0v) is 14.5. The van der Waals surface area contributed by atoms with E-state index < -0.39 is 0 Å². The summed E-state index contributed by atoms with van der Waals surface area (Å²) in [6, 6.07) is 10.1. The fraction of sp³-hybridized carbons (Fsp3) is 0.500. The molecule has 0 aliphatic heterocycles. The molecule has 0 unspecified atom stereocenters. The van der Waals surface area contributed by atoms with Gasteiger partial charge in [-0.1, -0.05) is 55.9 Å². The van der Waals surface area contributed by atoms with E-state index in [-0.39, 0.29) is 36.2 Å². The maximum absolute atomic E-state index is 12.0. The van der Waals surface area contributed by atoms with Crippen LogP contribution >= 0.6 is 11.8 Å². The van der Waals surface area contributed by atoms with Gasteiger partial charge in [0.15, 0.2) is 0 Å². The van der Waals surface area contributed by atoms with Crippen LogP contribution in [-0.4, -0.2) is 23.2 Å². The smallest absolute Gasteiger partial charge is 1.00 e. The molecule has 0 saturated carbocycles. The van der Waals surface area contributed by atoms with Crippen molar-refractivity contribution in [3.63, 3.8) is 0 Å². The third-order valence-corrected chi connectivity index (χ3v) is 3.43. The van der Waals surface area contributed by atoms with Gasteiger partial charge in [0.1, 0.15) is 0 Å². The second-order valence-corrected chi connectivity index (χ2v) is 4.95. The minimum atomic E-state index is 0. The summed E-state index contributed by atoms with van der Waals surface area (Å²) < 4.78 is 0.